The second-order valence-electron chi connectivity index (χ2n) is 5.53. The van der Waals surface area contributed by atoms with Crippen LogP contribution in [0.25, 0.3) is 0 Å². The molecule has 1 aliphatic rings. The molecule has 0 bridgehead atoms. The Morgan fingerprint density at radius 1 is 1.57 bits per heavy atom. The monoisotopic (exact) mass is 298 g/mol. The highest BCUT2D eigenvalue weighted by Gasteiger charge is 2.42. The average molecular weight is 298 g/mol. The van der Waals surface area contributed by atoms with Gasteiger partial charge in [0.2, 0.25) is 5.91 Å². The number of carbonyl (C=O) groups is 1. The summed E-state index contributed by atoms with van der Waals surface area (Å²) in [6.07, 6.45) is -0.454. The van der Waals surface area contributed by atoms with Crippen molar-refractivity contribution in [3.8, 4) is 5.75 Å². The predicted octanol–water partition coefficient (Wildman–Crippen LogP) is 1.88. The molecule has 1 aromatic carbocycles. The van der Waals surface area contributed by atoms with Gasteiger partial charge in [0.05, 0.1) is 18.6 Å². The summed E-state index contributed by atoms with van der Waals surface area (Å²) in [5.41, 5.74) is 1.08. The summed E-state index contributed by atoms with van der Waals surface area (Å²) in [6, 6.07) is 6.49. The maximum absolute atomic E-state index is 13.0. The van der Waals surface area contributed by atoms with Crippen LogP contribution in [0.15, 0.2) is 24.3 Å². The molecule has 1 heterocycles. The van der Waals surface area contributed by atoms with Gasteiger partial charge in [-0.2, -0.15) is 0 Å². The van der Waals surface area contributed by atoms with Gasteiger partial charge < -0.3 is 10.1 Å². The zero-order valence-electron chi connectivity index (χ0n) is 12.2. The minimum atomic E-state index is -2.80. The topological polar surface area (TPSA) is 50.4 Å². The van der Waals surface area contributed by atoms with E-state index in [1.54, 1.807) is 6.92 Å². The van der Waals surface area contributed by atoms with Gasteiger partial charge in [-0.15, -0.1) is 0 Å². The van der Waals surface area contributed by atoms with Crippen molar-refractivity contribution in [1.82, 2.24) is 10.6 Å². The number of aryl methyl sites for hydroxylation is 1. The summed E-state index contributed by atoms with van der Waals surface area (Å²) in [4.78, 5) is 11.8. The Labute approximate surface area is 122 Å². The molecule has 2 N–H and O–H groups in total. The Kier molecular flexibility index (Phi) is 4.77. The Hall–Kier alpha value is -1.69. The van der Waals surface area contributed by atoms with Crippen molar-refractivity contribution in [2.75, 3.05) is 13.2 Å². The number of ether oxygens (including phenoxy) is 1. The summed E-state index contributed by atoms with van der Waals surface area (Å²) in [5, 5.41) is 5.22. The molecule has 0 aliphatic carbocycles. The van der Waals surface area contributed by atoms with Crippen molar-refractivity contribution in [3.05, 3.63) is 29.8 Å². The van der Waals surface area contributed by atoms with Gasteiger partial charge in [0.15, 0.2) is 0 Å². The normalized spacial score (nSPS) is 21.8. The molecule has 1 aliphatic heterocycles. The molecule has 1 fully saturated rings. The van der Waals surface area contributed by atoms with E-state index in [1.165, 1.54) is 0 Å². The van der Waals surface area contributed by atoms with Crippen molar-refractivity contribution in [2.24, 2.45) is 0 Å². The summed E-state index contributed by atoms with van der Waals surface area (Å²) >= 11 is 0. The lowest BCUT2D eigenvalue weighted by Gasteiger charge is -2.18. The number of hydrogen-bond acceptors (Lipinski definition) is 3. The number of benzene rings is 1. The van der Waals surface area contributed by atoms with Crippen LogP contribution in [0.3, 0.4) is 0 Å². The molecule has 1 aromatic rings. The van der Waals surface area contributed by atoms with Crippen LogP contribution in [0, 0.1) is 6.92 Å². The summed E-state index contributed by atoms with van der Waals surface area (Å²) in [6.45, 7) is 3.59. The van der Waals surface area contributed by atoms with E-state index >= 15 is 0 Å². The van der Waals surface area contributed by atoms with Crippen LogP contribution < -0.4 is 15.4 Å². The van der Waals surface area contributed by atoms with E-state index in [-0.39, 0.29) is 12.6 Å². The van der Waals surface area contributed by atoms with E-state index in [0.717, 1.165) is 11.3 Å². The third-order valence-corrected chi connectivity index (χ3v) is 3.30. The molecule has 4 nitrogen and oxygen atoms in total. The first-order valence-electron chi connectivity index (χ1n) is 6.97. The van der Waals surface area contributed by atoms with E-state index in [2.05, 4.69) is 10.6 Å². The standard InChI is InChI=1S/C15H20F2N2O2/c1-10-4-3-5-12(6-10)21-8-11(2)19-14(20)13-7-15(16,17)9-18-13/h3-6,11,13,18H,7-9H2,1-2H3,(H,19,20). The Morgan fingerprint density at radius 2 is 2.33 bits per heavy atom. The average Bonchev–Trinajstić information content (AvgIpc) is 2.77. The molecule has 2 rings (SSSR count). The number of amides is 1. The van der Waals surface area contributed by atoms with E-state index in [9.17, 15) is 13.6 Å². The lowest BCUT2D eigenvalue weighted by atomic mass is 10.1. The Bertz CT molecular complexity index is 508. The zero-order valence-corrected chi connectivity index (χ0v) is 12.2. The fraction of sp³-hybridized carbons (Fsp3) is 0.533. The highest BCUT2D eigenvalue weighted by Crippen LogP contribution is 2.25. The van der Waals surface area contributed by atoms with Crippen LogP contribution in [0.5, 0.6) is 5.75 Å². The summed E-state index contributed by atoms with van der Waals surface area (Å²) < 4.78 is 31.6. The lowest BCUT2D eigenvalue weighted by Crippen LogP contribution is -2.46. The fourth-order valence-corrected chi connectivity index (χ4v) is 2.21. The van der Waals surface area contributed by atoms with Gasteiger partial charge in [-0.1, -0.05) is 12.1 Å². The molecule has 0 spiro atoms. The number of rotatable bonds is 5. The lowest BCUT2D eigenvalue weighted by molar-refractivity contribution is -0.124. The molecular weight excluding hydrogens is 278 g/mol. The van der Waals surface area contributed by atoms with Crippen molar-refractivity contribution in [2.45, 2.75) is 38.3 Å². The summed E-state index contributed by atoms with van der Waals surface area (Å²) in [5.74, 6) is -2.49. The first-order chi connectivity index (χ1) is 9.85. The van der Waals surface area contributed by atoms with Crippen LogP contribution in [-0.4, -0.2) is 37.1 Å². The number of halogens is 2. The first-order valence-corrected chi connectivity index (χ1v) is 6.97. The van der Waals surface area contributed by atoms with Gasteiger partial charge in [0, 0.05) is 6.42 Å². The van der Waals surface area contributed by atoms with E-state index in [1.807, 2.05) is 31.2 Å². The third-order valence-electron chi connectivity index (χ3n) is 3.30. The largest absolute Gasteiger partial charge is 0.491 e. The number of nitrogens with one attached hydrogen (secondary N) is 2. The minimum absolute atomic E-state index is 0.256. The fourth-order valence-electron chi connectivity index (χ4n) is 2.21. The molecule has 21 heavy (non-hydrogen) atoms. The number of carbonyl (C=O) groups excluding carboxylic acids is 1. The van der Waals surface area contributed by atoms with Gasteiger partial charge in [-0.05, 0) is 31.5 Å². The Morgan fingerprint density at radius 3 is 2.95 bits per heavy atom. The molecule has 2 unspecified atom stereocenters. The van der Waals surface area contributed by atoms with E-state index in [0.29, 0.717) is 0 Å². The second-order valence-corrected chi connectivity index (χ2v) is 5.53. The number of alkyl halides is 2. The van der Waals surface area contributed by atoms with Gasteiger partial charge in [0.1, 0.15) is 12.4 Å². The molecule has 0 saturated carbocycles. The molecule has 1 saturated heterocycles. The zero-order chi connectivity index (χ0) is 15.5. The number of hydrogen-bond donors (Lipinski definition) is 2. The van der Waals surface area contributed by atoms with Crippen molar-refractivity contribution < 1.29 is 18.3 Å². The predicted molar refractivity (Wildman–Crippen MR) is 75.6 cm³/mol. The SMILES string of the molecule is Cc1cccc(OCC(C)NC(=O)C2CC(F)(F)CN2)c1. The molecule has 116 valence electrons. The van der Waals surface area contributed by atoms with Crippen LogP contribution in [0.4, 0.5) is 8.78 Å². The highest BCUT2D eigenvalue weighted by atomic mass is 19.3. The maximum Gasteiger partial charge on any atom is 0.262 e. The third kappa shape index (κ3) is 4.67. The van der Waals surface area contributed by atoms with Gasteiger partial charge in [-0.25, -0.2) is 8.78 Å². The molecule has 2 atom stereocenters. The van der Waals surface area contributed by atoms with Gasteiger partial charge >= 0.3 is 0 Å². The van der Waals surface area contributed by atoms with Crippen LogP contribution in [-0.2, 0) is 4.79 Å². The van der Waals surface area contributed by atoms with Crippen LogP contribution >= 0.6 is 0 Å². The van der Waals surface area contributed by atoms with Crippen LogP contribution in [0.1, 0.15) is 18.9 Å². The van der Waals surface area contributed by atoms with Crippen LogP contribution in [0.2, 0.25) is 0 Å². The van der Waals surface area contributed by atoms with Gasteiger partial charge in [-0.3, -0.25) is 10.1 Å². The Balaban J connectivity index is 1.77. The minimum Gasteiger partial charge on any atom is -0.491 e. The maximum atomic E-state index is 13.0. The molecule has 1 amide bonds. The second kappa shape index (κ2) is 6.39. The van der Waals surface area contributed by atoms with Gasteiger partial charge in [0.25, 0.3) is 5.92 Å². The molecule has 6 heteroatoms. The van der Waals surface area contributed by atoms with Crippen molar-refractivity contribution in [1.29, 1.82) is 0 Å². The molecular formula is C15H20F2N2O2. The smallest absolute Gasteiger partial charge is 0.262 e. The summed E-state index contributed by atoms with van der Waals surface area (Å²) in [7, 11) is 0. The molecule has 0 radical (unpaired) electrons. The quantitative estimate of drug-likeness (QED) is 0.872. The molecule has 0 aromatic heterocycles. The van der Waals surface area contributed by atoms with E-state index < -0.39 is 30.8 Å². The van der Waals surface area contributed by atoms with Crippen molar-refractivity contribution in [3.63, 3.8) is 0 Å². The van der Waals surface area contributed by atoms with Crippen molar-refractivity contribution >= 4 is 5.91 Å². The highest BCUT2D eigenvalue weighted by molar-refractivity contribution is 5.82. The first kappa shape index (κ1) is 15.7. The van der Waals surface area contributed by atoms with E-state index in [4.69, 9.17) is 4.74 Å².